The number of likely N-dealkylation sites (tertiary alicyclic amines) is 1. The van der Waals surface area contributed by atoms with Crippen molar-refractivity contribution in [2.24, 2.45) is 0 Å². The Hall–Kier alpha value is -5.50. The maximum atomic E-state index is 12.7. The number of phenolic OH excluding ortho intramolecular Hbond substituents is 1. The van der Waals surface area contributed by atoms with E-state index in [0.717, 1.165) is 87.8 Å². The molecule has 4 N–H and O–H groups in total. The van der Waals surface area contributed by atoms with Crippen molar-refractivity contribution in [1.82, 2.24) is 30.4 Å². The molecule has 3 atom stereocenters. The van der Waals surface area contributed by atoms with Crippen LogP contribution >= 0.6 is 0 Å². The number of carbonyl (C=O) groups is 2. The van der Waals surface area contributed by atoms with Gasteiger partial charge < -0.3 is 35.2 Å². The lowest BCUT2D eigenvalue weighted by Crippen LogP contribution is -2.54. The first-order chi connectivity index (χ1) is 28.4. The number of ether oxygens (including phenoxy) is 1. The van der Waals surface area contributed by atoms with E-state index in [1.807, 2.05) is 18.2 Å². The third kappa shape index (κ3) is 6.84. The molecule has 4 saturated heterocycles. The number of hydrogen-bond acceptors (Lipinski definition) is 13. The number of anilines is 4. The molecule has 10 rings (SSSR count). The van der Waals surface area contributed by atoms with E-state index in [4.69, 9.17) is 20.4 Å². The van der Waals surface area contributed by atoms with Crippen LogP contribution in [0.1, 0.15) is 87.2 Å². The average molecular weight is 785 g/mol. The van der Waals surface area contributed by atoms with Crippen LogP contribution in [0.5, 0.6) is 11.5 Å². The van der Waals surface area contributed by atoms with Gasteiger partial charge in [-0.2, -0.15) is 0 Å². The van der Waals surface area contributed by atoms with Crippen LogP contribution in [0.15, 0.2) is 60.9 Å². The normalized spacial score (nSPS) is 26.6. The monoisotopic (exact) mass is 784 g/mol. The van der Waals surface area contributed by atoms with E-state index >= 15 is 0 Å². The predicted octanol–water partition coefficient (Wildman–Crippen LogP) is 4.99. The number of imide groups is 1. The molecule has 302 valence electrons. The topological polar surface area (TPSA) is 166 Å². The van der Waals surface area contributed by atoms with Crippen LogP contribution in [-0.4, -0.2) is 105 Å². The molecule has 4 aromatic rings. The molecule has 1 aliphatic carbocycles. The van der Waals surface area contributed by atoms with E-state index in [1.165, 1.54) is 24.0 Å². The highest BCUT2D eigenvalue weighted by molar-refractivity contribution is 6.02. The first-order valence-corrected chi connectivity index (χ1v) is 21.2. The molecule has 0 spiro atoms. The summed E-state index contributed by atoms with van der Waals surface area (Å²) in [6.45, 7) is 4.97. The van der Waals surface area contributed by atoms with Crippen LogP contribution in [0.4, 0.5) is 23.1 Å². The molecule has 0 unspecified atom stereocenters. The number of nitrogen functional groups attached to an aromatic ring is 1. The van der Waals surface area contributed by atoms with Crippen molar-refractivity contribution in [3.63, 3.8) is 0 Å². The molecule has 2 amide bonds. The van der Waals surface area contributed by atoms with Crippen molar-refractivity contribution in [2.45, 2.75) is 100 Å². The molecule has 1 saturated carbocycles. The summed E-state index contributed by atoms with van der Waals surface area (Å²) in [5.74, 6) is 2.83. The largest absolute Gasteiger partial charge is 0.507 e. The van der Waals surface area contributed by atoms with E-state index in [2.05, 4.69) is 65.7 Å². The van der Waals surface area contributed by atoms with Gasteiger partial charge in [0.1, 0.15) is 24.1 Å². The number of carbonyl (C=O) groups excluding carboxylic acids is 2. The third-order valence-electron chi connectivity index (χ3n) is 13.8. The fraction of sp³-hybridized carbons (Fsp3) is 0.500. The minimum Gasteiger partial charge on any atom is -0.507 e. The number of nitrogens with zero attached hydrogens (tertiary/aromatic N) is 8. The molecule has 14 heteroatoms. The lowest BCUT2D eigenvalue weighted by molar-refractivity contribution is -0.134. The van der Waals surface area contributed by atoms with Crippen LogP contribution in [0, 0.1) is 0 Å². The zero-order valence-electron chi connectivity index (χ0n) is 32.9. The van der Waals surface area contributed by atoms with Crippen molar-refractivity contribution in [3.8, 4) is 22.8 Å². The van der Waals surface area contributed by atoms with Gasteiger partial charge in [0.2, 0.25) is 17.8 Å². The second-order valence-electron chi connectivity index (χ2n) is 17.1. The highest BCUT2D eigenvalue weighted by atomic mass is 16.5. The maximum absolute atomic E-state index is 12.7. The second kappa shape index (κ2) is 15.3. The van der Waals surface area contributed by atoms with Crippen LogP contribution in [0.3, 0.4) is 0 Å². The number of fused-ring (bicyclic) bond motifs is 3. The number of aromatic hydroxyl groups is 1. The molecule has 14 nitrogen and oxygen atoms in total. The Morgan fingerprint density at radius 1 is 0.776 bits per heavy atom. The molecule has 5 fully saturated rings. The number of amides is 2. The number of phenols is 1. The summed E-state index contributed by atoms with van der Waals surface area (Å²) in [6.07, 6.45) is 14.0. The van der Waals surface area contributed by atoms with Gasteiger partial charge in [-0.15, -0.1) is 10.2 Å². The van der Waals surface area contributed by atoms with Crippen LogP contribution in [0.2, 0.25) is 0 Å². The Balaban J connectivity index is 0.733. The lowest BCUT2D eigenvalue weighted by atomic mass is 9.79. The Labute approximate surface area is 338 Å². The molecule has 2 bridgehead atoms. The first-order valence-electron chi connectivity index (χ1n) is 21.2. The fourth-order valence-corrected chi connectivity index (χ4v) is 10.8. The summed E-state index contributed by atoms with van der Waals surface area (Å²) in [6, 6.07) is 16.3. The summed E-state index contributed by atoms with van der Waals surface area (Å²) < 4.78 is 6.30. The van der Waals surface area contributed by atoms with E-state index in [1.54, 1.807) is 12.1 Å². The van der Waals surface area contributed by atoms with Crippen molar-refractivity contribution < 1.29 is 19.4 Å². The Morgan fingerprint density at radius 3 is 2.26 bits per heavy atom. The average Bonchev–Trinajstić information content (AvgIpc) is 3.52. The SMILES string of the molecule is Nc1nnc(-c2ccccc2O)cc1N1C[C@H]2CC[C@@H](C1)N2c1ncc(C2CCN([C@H]3CC[C@@H](c4cccc5c4OCCN5[C@H]4CCC(=O)NC4=O)CC3)CC2)cn1. The molecule has 2 aromatic carbocycles. The Bertz CT molecular complexity index is 2160. The van der Waals surface area contributed by atoms with E-state index in [9.17, 15) is 14.7 Å². The number of hydrogen-bond donors (Lipinski definition) is 3. The van der Waals surface area contributed by atoms with Gasteiger partial charge in [0.25, 0.3) is 0 Å². The summed E-state index contributed by atoms with van der Waals surface area (Å²) >= 11 is 0. The number of nitrogens with one attached hydrogen (secondary N) is 1. The second-order valence-corrected chi connectivity index (χ2v) is 17.1. The molecular formula is C44H52N10O4. The van der Waals surface area contributed by atoms with Gasteiger partial charge in [-0.3, -0.25) is 14.9 Å². The smallest absolute Gasteiger partial charge is 0.249 e. The Kier molecular flexibility index (Phi) is 9.74. The molecular weight excluding hydrogens is 733 g/mol. The molecule has 7 heterocycles. The summed E-state index contributed by atoms with van der Waals surface area (Å²) in [7, 11) is 0. The molecule has 6 aliphatic rings. The quantitative estimate of drug-likeness (QED) is 0.215. The van der Waals surface area contributed by atoms with Crippen molar-refractivity contribution in [2.75, 3.05) is 59.8 Å². The maximum Gasteiger partial charge on any atom is 0.249 e. The summed E-state index contributed by atoms with van der Waals surface area (Å²) in [5, 5.41) is 21.5. The first kappa shape index (κ1) is 36.8. The summed E-state index contributed by atoms with van der Waals surface area (Å²) in [5.41, 5.74) is 12.0. The molecule has 2 aromatic heterocycles. The fourth-order valence-electron chi connectivity index (χ4n) is 10.8. The van der Waals surface area contributed by atoms with Crippen LogP contribution in [0.25, 0.3) is 11.3 Å². The molecule has 5 aliphatic heterocycles. The number of nitrogens with two attached hydrogens (primary N) is 1. The van der Waals surface area contributed by atoms with Crippen molar-refractivity contribution >= 4 is 35.0 Å². The van der Waals surface area contributed by atoms with Crippen LogP contribution < -0.4 is 30.5 Å². The number of piperazine rings is 1. The number of rotatable bonds is 7. The molecule has 58 heavy (non-hydrogen) atoms. The van der Waals surface area contributed by atoms with Gasteiger partial charge in [-0.25, -0.2) is 9.97 Å². The zero-order chi connectivity index (χ0) is 39.3. The number of piperidine rings is 2. The van der Waals surface area contributed by atoms with Crippen LogP contribution in [-0.2, 0) is 9.59 Å². The number of benzene rings is 2. The predicted molar refractivity (Wildman–Crippen MR) is 221 cm³/mol. The lowest BCUT2D eigenvalue weighted by Gasteiger charge is -2.42. The van der Waals surface area contributed by atoms with Gasteiger partial charge in [0.15, 0.2) is 5.82 Å². The van der Waals surface area contributed by atoms with Crippen molar-refractivity contribution in [1.29, 1.82) is 0 Å². The van der Waals surface area contributed by atoms with E-state index in [0.29, 0.717) is 60.9 Å². The van der Waals surface area contributed by atoms with Crippen molar-refractivity contribution in [3.05, 3.63) is 72.1 Å². The highest BCUT2D eigenvalue weighted by Gasteiger charge is 2.42. The minimum absolute atomic E-state index is 0.170. The minimum atomic E-state index is -0.332. The number of aromatic nitrogens is 4. The summed E-state index contributed by atoms with van der Waals surface area (Å²) in [4.78, 5) is 44.1. The Morgan fingerprint density at radius 2 is 1.52 bits per heavy atom. The van der Waals surface area contributed by atoms with Gasteiger partial charge in [0.05, 0.1) is 23.6 Å². The number of para-hydroxylation sites is 2. The van der Waals surface area contributed by atoms with Gasteiger partial charge in [0, 0.05) is 55.6 Å². The van der Waals surface area contributed by atoms with Gasteiger partial charge in [-0.1, -0.05) is 24.3 Å². The van der Waals surface area contributed by atoms with Gasteiger partial charge in [-0.05, 0) is 118 Å². The standard InChI is InChI=1S/C44H52N10O4/c45-42-38(22-35(49-50-42)34-4-1-2-7-39(34)55)52-25-31-12-13-32(26-52)54(31)44-46-23-29(24-47-44)27-16-18-51(19-17-27)30-10-8-28(9-11-30)33-5-3-6-36-41(33)58-21-20-53(36)37-14-15-40(56)48-43(37)57/h1-7,22-24,27-28,30-32,37,55H,8-21,25-26H2,(H2,45,50)(H,48,56,57)/t28-,30+,31-,32+,37-/m0/s1. The van der Waals surface area contributed by atoms with E-state index in [-0.39, 0.29) is 35.7 Å². The van der Waals surface area contributed by atoms with E-state index < -0.39 is 0 Å². The zero-order valence-corrected chi connectivity index (χ0v) is 32.9. The highest BCUT2D eigenvalue weighted by Crippen LogP contribution is 2.46. The van der Waals surface area contributed by atoms with Gasteiger partial charge >= 0.3 is 0 Å². The third-order valence-corrected chi connectivity index (χ3v) is 13.8. The molecule has 0 radical (unpaired) electrons.